The minimum atomic E-state index is 1.15. The molecule has 0 saturated heterocycles. The highest BCUT2D eigenvalue weighted by Gasteiger charge is 2.23. The van der Waals surface area contributed by atoms with Crippen molar-refractivity contribution in [3.05, 3.63) is 182 Å². The quantitative estimate of drug-likeness (QED) is 0.182. The Balaban J connectivity index is 1.03. The van der Waals surface area contributed by atoms with E-state index in [1.807, 2.05) is 11.8 Å². The Morgan fingerprint density at radius 1 is 0.314 bits per heavy atom. The van der Waals surface area contributed by atoms with Gasteiger partial charge in [0.1, 0.15) is 0 Å². The van der Waals surface area contributed by atoms with Gasteiger partial charge < -0.3 is 9.13 Å². The molecule has 0 unspecified atom stereocenters. The molecule has 0 spiro atoms. The second-order valence-electron chi connectivity index (χ2n) is 13.4. The molecule has 3 heteroatoms. The normalized spacial score (nSPS) is 12.2. The van der Waals surface area contributed by atoms with E-state index in [4.69, 9.17) is 0 Å². The highest BCUT2D eigenvalue weighted by atomic mass is 32.2. The largest absolute Gasteiger partial charge is 0.309 e. The van der Waals surface area contributed by atoms with E-state index in [1.165, 1.54) is 92.5 Å². The maximum Gasteiger partial charge on any atom is 0.0681 e. The van der Waals surface area contributed by atoms with Crippen molar-refractivity contribution in [2.24, 2.45) is 0 Å². The van der Waals surface area contributed by atoms with Crippen LogP contribution in [0.4, 0.5) is 0 Å². The van der Waals surface area contributed by atoms with E-state index in [0.717, 1.165) is 5.69 Å². The van der Waals surface area contributed by atoms with Gasteiger partial charge in [0.05, 0.1) is 27.8 Å². The lowest BCUT2D eigenvalue weighted by molar-refractivity contribution is 1.09. The van der Waals surface area contributed by atoms with Crippen LogP contribution in [0.3, 0.4) is 0 Å². The van der Waals surface area contributed by atoms with Gasteiger partial charge in [0.25, 0.3) is 0 Å². The molecule has 3 heterocycles. The fourth-order valence-electron chi connectivity index (χ4n) is 8.12. The lowest BCUT2D eigenvalue weighted by atomic mass is 10.0. The standard InChI is InChI=1S/C48H30N2S/c1-3-10-31(11-4-1)34-20-25-43-40(28-34)41-29-35(32-12-5-2-6-13-32)21-26-44(41)49(43)37-23-18-33(19-24-37)36-22-27-45-47(30-36)51-46-17-9-15-39-38-14-7-8-16-42(38)50(45)48(39)46/h1-30H. The van der Waals surface area contributed by atoms with E-state index in [2.05, 4.69) is 191 Å². The molecule has 1 aliphatic heterocycles. The van der Waals surface area contributed by atoms with Gasteiger partial charge in [0.2, 0.25) is 0 Å². The van der Waals surface area contributed by atoms with Gasteiger partial charge in [-0.25, -0.2) is 0 Å². The molecule has 51 heavy (non-hydrogen) atoms. The van der Waals surface area contributed by atoms with Gasteiger partial charge in [-0.15, -0.1) is 0 Å². The van der Waals surface area contributed by atoms with Crippen molar-refractivity contribution >= 4 is 55.4 Å². The molecule has 0 bridgehead atoms. The van der Waals surface area contributed by atoms with Crippen LogP contribution in [0.25, 0.3) is 88.4 Å². The Labute approximate surface area is 299 Å². The maximum atomic E-state index is 2.45. The molecule has 10 aromatic rings. The third-order valence-electron chi connectivity index (χ3n) is 10.5. The molecule has 8 aromatic carbocycles. The SMILES string of the molecule is c1ccc(-c2ccc3c(c2)c2cc(-c4ccccc4)ccc2n3-c2ccc(-c3ccc4c(c3)Sc3cccc5c6ccccc6n-4c35)cc2)cc1. The van der Waals surface area contributed by atoms with Crippen molar-refractivity contribution in [3.63, 3.8) is 0 Å². The number of hydrogen-bond donors (Lipinski definition) is 0. The second-order valence-corrected chi connectivity index (χ2v) is 14.5. The number of aromatic nitrogens is 2. The molecule has 0 radical (unpaired) electrons. The zero-order valence-electron chi connectivity index (χ0n) is 27.6. The fourth-order valence-corrected chi connectivity index (χ4v) is 9.25. The predicted octanol–water partition coefficient (Wildman–Crippen LogP) is 13.3. The zero-order chi connectivity index (χ0) is 33.5. The molecule has 1 aliphatic rings. The second kappa shape index (κ2) is 11.1. The first-order valence-electron chi connectivity index (χ1n) is 17.4. The summed E-state index contributed by atoms with van der Waals surface area (Å²) in [5.41, 5.74) is 14.7. The predicted molar refractivity (Wildman–Crippen MR) is 216 cm³/mol. The smallest absolute Gasteiger partial charge is 0.0681 e. The van der Waals surface area contributed by atoms with Gasteiger partial charge in [-0.3, -0.25) is 0 Å². The van der Waals surface area contributed by atoms with E-state index in [-0.39, 0.29) is 0 Å². The minimum absolute atomic E-state index is 1.15. The van der Waals surface area contributed by atoms with Crippen LogP contribution < -0.4 is 0 Å². The molecule has 2 nitrogen and oxygen atoms in total. The van der Waals surface area contributed by atoms with E-state index < -0.39 is 0 Å². The summed E-state index contributed by atoms with van der Waals surface area (Å²) in [7, 11) is 0. The topological polar surface area (TPSA) is 9.86 Å². The Morgan fingerprint density at radius 2 is 0.843 bits per heavy atom. The number of para-hydroxylation sites is 2. The van der Waals surface area contributed by atoms with Crippen molar-refractivity contribution < 1.29 is 0 Å². The van der Waals surface area contributed by atoms with Gasteiger partial charge in [0, 0.05) is 37.0 Å². The van der Waals surface area contributed by atoms with E-state index in [9.17, 15) is 0 Å². The van der Waals surface area contributed by atoms with Crippen LogP contribution in [-0.2, 0) is 0 Å². The molecule has 0 amide bonds. The lowest BCUT2D eigenvalue weighted by Crippen LogP contribution is -2.01. The van der Waals surface area contributed by atoms with Crippen molar-refractivity contribution in [2.45, 2.75) is 9.79 Å². The molecular formula is C48H30N2S. The van der Waals surface area contributed by atoms with E-state index in [1.54, 1.807) is 0 Å². The monoisotopic (exact) mass is 666 g/mol. The lowest BCUT2D eigenvalue weighted by Gasteiger charge is -2.21. The first-order valence-corrected chi connectivity index (χ1v) is 18.2. The van der Waals surface area contributed by atoms with Gasteiger partial charge >= 0.3 is 0 Å². The summed E-state index contributed by atoms with van der Waals surface area (Å²) in [5.74, 6) is 0. The fraction of sp³-hybridized carbons (Fsp3) is 0. The molecule has 0 N–H and O–H groups in total. The van der Waals surface area contributed by atoms with Gasteiger partial charge in [0.15, 0.2) is 0 Å². The molecule has 0 aliphatic carbocycles. The Hall–Kier alpha value is -6.29. The molecule has 238 valence electrons. The van der Waals surface area contributed by atoms with Gasteiger partial charge in [-0.05, 0) is 94.0 Å². The third-order valence-corrected chi connectivity index (χ3v) is 11.6. The number of hydrogen-bond acceptors (Lipinski definition) is 1. The number of nitrogens with zero attached hydrogens (tertiary/aromatic N) is 2. The van der Waals surface area contributed by atoms with Crippen LogP contribution >= 0.6 is 11.8 Å². The molecule has 0 fully saturated rings. The third kappa shape index (κ3) is 4.38. The van der Waals surface area contributed by atoms with Crippen LogP contribution in [0.5, 0.6) is 0 Å². The van der Waals surface area contributed by atoms with Crippen LogP contribution in [0.15, 0.2) is 192 Å². The highest BCUT2D eigenvalue weighted by Crippen LogP contribution is 2.47. The Bertz CT molecular complexity index is 2870. The van der Waals surface area contributed by atoms with Crippen LogP contribution in [0.2, 0.25) is 0 Å². The summed E-state index contributed by atoms with van der Waals surface area (Å²) in [6.45, 7) is 0. The average molecular weight is 667 g/mol. The summed E-state index contributed by atoms with van der Waals surface area (Å²) in [4.78, 5) is 2.59. The average Bonchev–Trinajstić information content (AvgIpc) is 3.72. The Kier molecular flexibility index (Phi) is 6.22. The first kappa shape index (κ1) is 28.5. The molecule has 2 aromatic heterocycles. The summed E-state index contributed by atoms with van der Waals surface area (Å²) < 4.78 is 4.87. The number of fused-ring (bicyclic) bond motifs is 8. The van der Waals surface area contributed by atoms with Gasteiger partial charge in [-0.2, -0.15) is 0 Å². The summed E-state index contributed by atoms with van der Waals surface area (Å²) >= 11 is 1.88. The maximum absolute atomic E-state index is 2.45. The zero-order valence-corrected chi connectivity index (χ0v) is 28.4. The van der Waals surface area contributed by atoms with Crippen molar-refractivity contribution in [3.8, 4) is 44.8 Å². The van der Waals surface area contributed by atoms with Gasteiger partial charge in [-0.1, -0.05) is 133 Å². The van der Waals surface area contributed by atoms with Crippen molar-refractivity contribution in [2.75, 3.05) is 0 Å². The van der Waals surface area contributed by atoms with E-state index >= 15 is 0 Å². The summed E-state index contributed by atoms with van der Waals surface area (Å²) in [5, 5.41) is 5.14. The molecular weight excluding hydrogens is 637 g/mol. The Morgan fingerprint density at radius 3 is 1.53 bits per heavy atom. The van der Waals surface area contributed by atoms with Crippen LogP contribution in [0, 0.1) is 0 Å². The minimum Gasteiger partial charge on any atom is -0.309 e. The molecule has 0 atom stereocenters. The summed E-state index contributed by atoms with van der Waals surface area (Å²) in [6.07, 6.45) is 0. The molecule has 0 saturated carbocycles. The number of rotatable bonds is 4. The molecule has 11 rings (SSSR count). The van der Waals surface area contributed by atoms with Crippen molar-refractivity contribution in [1.82, 2.24) is 9.13 Å². The first-order chi connectivity index (χ1) is 25.3. The van der Waals surface area contributed by atoms with E-state index in [0.29, 0.717) is 0 Å². The highest BCUT2D eigenvalue weighted by molar-refractivity contribution is 7.99. The van der Waals surface area contributed by atoms with Crippen LogP contribution in [-0.4, -0.2) is 9.13 Å². The number of benzene rings is 8. The van der Waals surface area contributed by atoms with Crippen molar-refractivity contribution in [1.29, 1.82) is 0 Å². The van der Waals surface area contributed by atoms with Crippen LogP contribution in [0.1, 0.15) is 0 Å². The summed E-state index contributed by atoms with van der Waals surface area (Å²) in [6, 6.07) is 66.6.